The van der Waals surface area contributed by atoms with Crippen LogP contribution in [0.4, 0.5) is 0 Å². The highest BCUT2D eigenvalue weighted by atomic mass is 79.9. The summed E-state index contributed by atoms with van der Waals surface area (Å²) in [6.45, 7) is 0. The first-order valence-electron chi connectivity index (χ1n) is 6.32. The highest BCUT2D eigenvalue weighted by Gasteiger charge is 2.30. The van der Waals surface area contributed by atoms with Crippen LogP contribution in [-0.4, -0.2) is 38.4 Å². The van der Waals surface area contributed by atoms with Crippen molar-refractivity contribution >= 4 is 28.2 Å². The Morgan fingerprint density at radius 1 is 1.55 bits per heavy atom. The van der Waals surface area contributed by atoms with E-state index in [0.717, 1.165) is 16.5 Å². The molecule has 2 aliphatic carbocycles. The number of nitrogens with zero attached hydrogens (tertiary/aromatic N) is 2. The highest BCUT2D eigenvalue weighted by molar-refractivity contribution is 9.11. The third-order valence-electron chi connectivity index (χ3n) is 3.13. The molecular formula is C15H17BrN2O2. The molecule has 0 saturated heterocycles. The summed E-state index contributed by atoms with van der Waals surface area (Å²) in [7, 11) is 5.16. The lowest BCUT2D eigenvalue weighted by molar-refractivity contribution is -0.135. The summed E-state index contributed by atoms with van der Waals surface area (Å²) in [6.07, 6.45) is 10.5. The second-order valence-corrected chi connectivity index (χ2v) is 5.75. The van der Waals surface area contributed by atoms with Crippen LogP contribution in [0, 0.1) is 5.92 Å². The fourth-order valence-electron chi connectivity index (χ4n) is 2.18. The minimum absolute atomic E-state index is 0.225. The van der Waals surface area contributed by atoms with Gasteiger partial charge < -0.3 is 9.64 Å². The number of hydrogen-bond acceptors (Lipinski definition) is 3. The zero-order valence-corrected chi connectivity index (χ0v) is 13.3. The van der Waals surface area contributed by atoms with Crippen LogP contribution >= 0.6 is 15.9 Å². The van der Waals surface area contributed by atoms with Gasteiger partial charge in [-0.25, -0.2) is 9.79 Å². The van der Waals surface area contributed by atoms with Gasteiger partial charge in [-0.3, -0.25) is 0 Å². The molecule has 0 bridgehead atoms. The molecule has 0 aliphatic heterocycles. The second-order valence-electron chi connectivity index (χ2n) is 4.83. The molecule has 0 N–H and O–H groups in total. The SMILES string of the molecule is COC(=O)C1=C(N=CN(C)C)C2=CC=CCC2C(Br)=C1. The van der Waals surface area contributed by atoms with Crippen molar-refractivity contribution in [3.05, 3.63) is 45.6 Å². The maximum Gasteiger partial charge on any atom is 0.340 e. The van der Waals surface area contributed by atoms with Crippen LogP contribution in [0.5, 0.6) is 0 Å². The van der Waals surface area contributed by atoms with Crippen LogP contribution < -0.4 is 0 Å². The first-order chi connectivity index (χ1) is 9.54. The Morgan fingerprint density at radius 2 is 2.30 bits per heavy atom. The Morgan fingerprint density at radius 3 is 2.95 bits per heavy atom. The van der Waals surface area contributed by atoms with E-state index in [1.165, 1.54) is 7.11 Å². The molecule has 0 saturated carbocycles. The zero-order chi connectivity index (χ0) is 14.7. The van der Waals surface area contributed by atoms with E-state index in [1.54, 1.807) is 6.34 Å². The lowest BCUT2D eigenvalue weighted by Gasteiger charge is -2.27. The summed E-state index contributed by atoms with van der Waals surface area (Å²) in [6, 6.07) is 0. The van der Waals surface area contributed by atoms with E-state index in [1.807, 2.05) is 37.2 Å². The number of aliphatic imine (C=N–C) groups is 1. The molecule has 4 nitrogen and oxygen atoms in total. The van der Waals surface area contributed by atoms with Gasteiger partial charge in [-0.1, -0.05) is 34.2 Å². The highest BCUT2D eigenvalue weighted by Crippen LogP contribution is 2.41. The number of esters is 1. The molecule has 0 radical (unpaired) electrons. The van der Waals surface area contributed by atoms with Crippen LogP contribution in [0.3, 0.4) is 0 Å². The van der Waals surface area contributed by atoms with E-state index in [2.05, 4.69) is 27.0 Å². The molecule has 0 fully saturated rings. The molecule has 5 heteroatoms. The maximum absolute atomic E-state index is 12.0. The fourth-order valence-corrected chi connectivity index (χ4v) is 2.84. The molecule has 1 atom stereocenters. The van der Waals surface area contributed by atoms with Crippen molar-refractivity contribution < 1.29 is 9.53 Å². The summed E-state index contributed by atoms with van der Waals surface area (Å²) in [5, 5.41) is 0. The number of methoxy groups -OCH3 is 1. The van der Waals surface area contributed by atoms with Crippen molar-refractivity contribution in [2.24, 2.45) is 10.9 Å². The Kier molecular flexibility index (Phi) is 4.60. The molecule has 1 unspecified atom stereocenters. The molecule has 0 amide bonds. The van der Waals surface area contributed by atoms with E-state index in [4.69, 9.17) is 4.74 Å². The molecule has 2 aliphatic rings. The number of rotatable bonds is 3. The van der Waals surface area contributed by atoms with Gasteiger partial charge in [0.15, 0.2) is 0 Å². The van der Waals surface area contributed by atoms with Crippen LogP contribution in [-0.2, 0) is 9.53 Å². The molecule has 0 aromatic heterocycles. The van der Waals surface area contributed by atoms with Gasteiger partial charge >= 0.3 is 5.97 Å². The first kappa shape index (κ1) is 14.8. The van der Waals surface area contributed by atoms with E-state index in [0.29, 0.717) is 11.3 Å². The average Bonchev–Trinajstić information content (AvgIpc) is 2.45. The van der Waals surface area contributed by atoms with Gasteiger partial charge in [0.25, 0.3) is 0 Å². The lowest BCUT2D eigenvalue weighted by atomic mass is 9.83. The average molecular weight is 337 g/mol. The van der Waals surface area contributed by atoms with Gasteiger partial charge in [-0.15, -0.1) is 0 Å². The number of hydrogen-bond donors (Lipinski definition) is 0. The predicted octanol–water partition coefficient (Wildman–Crippen LogP) is 2.80. The normalized spacial score (nSPS) is 21.5. The number of halogens is 1. The van der Waals surface area contributed by atoms with Gasteiger partial charge in [0.2, 0.25) is 0 Å². The van der Waals surface area contributed by atoms with Crippen molar-refractivity contribution in [3.63, 3.8) is 0 Å². The summed E-state index contributed by atoms with van der Waals surface area (Å²) >= 11 is 3.56. The second kappa shape index (κ2) is 6.22. The topological polar surface area (TPSA) is 41.9 Å². The van der Waals surface area contributed by atoms with E-state index >= 15 is 0 Å². The molecule has 0 aromatic carbocycles. The van der Waals surface area contributed by atoms with E-state index < -0.39 is 0 Å². The van der Waals surface area contributed by atoms with Crippen LogP contribution in [0.1, 0.15) is 6.42 Å². The van der Waals surface area contributed by atoms with Crippen molar-refractivity contribution in [1.29, 1.82) is 0 Å². The molecular weight excluding hydrogens is 320 g/mol. The molecule has 0 spiro atoms. The van der Waals surface area contributed by atoms with Gasteiger partial charge in [0.1, 0.15) is 0 Å². The number of carbonyl (C=O) groups is 1. The largest absolute Gasteiger partial charge is 0.465 e. The quantitative estimate of drug-likeness (QED) is 0.452. The van der Waals surface area contributed by atoms with E-state index in [9.17, 15) is 4.79 Å². The predicted molar refractivity (Wildman–Crippen MR) is 83.6 cm³/mol. The number of allylic oxidation sites excluding steroid dienone is 5. The Bertz CT molecular complexity index is 568. The number of fused-ring (bicyclic) bond motifs is 1. The minimum atomic E-state index is -0.373. The van der Waals surface area contributed by atoms with E-state index in [-0.39, 0.29) is 11.9 Å². The van der Waals surface area contributed by atoms with Crippen molar-refractivity contribution in [2.45, 2.75) is 6.42 Å². The third kappa shape index (κ3) is 2.93. The summed E-state index contributed by atoms with van der Waals surface area (Å²) in [5.41, 5.74) is 2.21. The van der Waals surface area contributed by atoms with Crippen molar-refractivity contribution in [3.8, 4) is 0 Å². The van der Waals surface area contributed by atoms with Gasteiger partial charge in [0, 0.05) is 24.5 Å². The third-order valence-corrected chi connectivity index (χ3v) is 3.91. The Labute approximate surface area is 127 Å². The van der Waals surface area contributed by atoms with Crippen LogP contribution in [0.15, 0.2) is 50.6 Å². The molecule has 0 heterocycles. The Balaban J connectivity index is 2.56. The van der Waals surface area contributed by atoms with Crippen molar-refractivity contribution in [2.75, 3.05) is 21.2 Å². The standard InChI is InChI=1S/C15H17BrN2O2/c1-18(2)9-17-14-11-7-5-4-6-10(11)13(16)8-12(14)15(19)20-3/h4-5,7-10H,6H2,1-3H3. The number of carbonyl (C=O) groups excluding carboxylic acids is 1. The summed E-state index contributed by atoms with van der Waals surface area (Å²) < 4.78 is 5.84. The summed E-state index contributed by atoms with van der Waals surface area (Å²) in [4.78, 5) is 18.3. The van der Waals surface area contributed by atoms with Crippen molar-refractivity contribution in [1.82, 2.24) is 4.90 Å². The zero-order valence-electron chi connectivity index (χ0n) is 11.8. The summed E-state index contributed by atoms with van der Waals surface area (Å²) in [5.74, 6) is -0.149. The monoisotopic (exact) mass is 336 g/mol. The first-order valence-corrected chi connectivity index (χ1v) is 7.11. The maximum atomic E-state index is 12.0. The van der Waals surface area contributed by atoms with Crippen LogP contribution in [0.2, 0.25) is 0 Å². The molecule has 20 heavy (non-hydrogen) atoms. The molecule has 106 valence electrons. The van der Waals surface area contributed by atoms with Gasteiger partial charge in [0.05, 0.1) is 24.7 Å². The minimum Gasteiger partial charge on any atom is -0.465 e. The Hall–Kier alpha value is -1.62. The molecule has 0 aromatic rings. The molecule has 2 rings (SSSR count). The van der Waals surface area contributed by atoms with Crippen LogP contribution in [0.25, 0.3) is 0 Å². The van der Waals surface area contributed by atoms with Gasteiger partial charge in [-0.05, 0) is 18.1 Å². The van der Waals surface area contributed by atoms with Gasteiger partial charge in [-0.2, -0.15) is 0 Å². The lowest BCUT2D eigenvalue weighted by Crippen LogP contribution is -2.19. The smallest absolute Gasteiger partial charge is 0.340 e. The fraction of sp³-hybridized carbons (Fsp3) is 0.333. The number of ether oxygens (including phenoxy) is 1.